The molecule has 2 amide bonds. The normalized spacial score (nSPS) is 15.9. The van der Waals surface area contributed by atoms with Gasteiger partial charge in [-0.2, -0.15) is 5.01 Å². The molecule has 1 saturated heterocycles. The number of nitrogens with one attached hydrogen (secondary N) is 1. The van der Waals surface area contributed by atoms with Crippen molar-refractivity contribution in [2.75, 3.05) is 7.11 Å². The van der Waals surface area contributed by atoms with Gasteiger partial charge < -0.3 is 4.74 Å². The zero-order valence-corrected chi connectivity index (χ0v) is 17.0. The van der Waals surface area contributed by atoms with Gasteiger partial charge in [-0.15, -0.1) is 0 Å². The Kier molecular flexibility index (Phi) is 6.28. The van der Waals surface area contributed by atoms with Gasteiger partial charge in [-0.05, 0) is 48.5 Å². The summed E-state index contributed by atoms with van der Waals surface area (Å²) < 4.78 is 5.46. The van der Waals surface area contributed by atoms with Crippen molar-refractivity contribution in [2.24, 2.45) is 0 Å². The Hall–Kier alpha value is -2.90. The fraction of sp³-hybridized carbons (Fsp3) is 0.0952. The van der Waals surface area contributed by atoms with Crippen LogP contribution in [0.2, 0.25) is 0 Å². The summed E-state index contributed by atoms with van der Waals surface area (Å²) in [4.78, 5) is 25.7. The lowest BCUT2D eigenvalue weighted by Crippen LogP contribution is -2.44. The maximum atomic E-state index is 12.7. The third-order valence-electron chi connectivity index (χ3n) is 3.91. The molecular weight excluding hydrogens is 392 g/mol. The van der Waals surface area contributed by atoms with Crippen molar-refractivity contribution in [1.82, 2.24) is 10.4 Å². The summed E-state index contributed by atoms with van der Waals surface area (Å²) in [5.41, 5.74) is 4.83. The number of amides is 2. The molecule has 3 rings (SSSR count). The van der Waals surface area contributed by atoms with Crippen LogP contribution in [0.3, 0.4) is 0 Å². The number of hydrazine groups is 1. The van der Waals surface area contributed by atoms with Crippen molar-refractivity contribution in [1.29, 1.82) is 0 Å². The third kappa shape index (κ3) is 4.49. The highest BCUT2D eigenvalue weighted by Gasteiger charge is 2.34. The summed E-state index contributed by atoms with van der Waals surface area (Å²) in [6.07, 6.45) is 3.74. The fourth-order valence-corrected chi connectivity index (χ4v) is 3.85. The molecule has 142 valence electrons. The van der Waals surface area contributed by atoms with Crippen LogP contribution in [0.5, 0.6) is 5.75 Å². The largest absolute Gasteiger partial charge is 0.496 e. The maximum absolute atomic E-state index is 12.7. The molecule has 2 aromatic carbocycles. The van der Waals surface area contributed by atoms with Gasteiger partial charge in [-0.1, -0.05) is 60.3 Å². The Morgan fingerprint density at radius 1 is 1.14 bits per heavy atom. The van der Waals surface area contributed by atoms with Crippen molar-refractivity contribution in [2.45, 2.75) is 6.92 Å². The van der Waals surface area contributed by atoms with Crippen LogP contribution in [0.4, 0.5) is 0 Å². The zero-order valence-electron chi connectivity index (χ0n) is 15.3. The van der Waals surface area contributed by atoms with E-state index in [1.165, 1.54) is 7.11 Å². The molecule has 0 aromatic heterocycles. The van der Waals surface area contributed by atoms with Gasteiger partial charge in [0.05, 0.1) is 17.6 Å². The van der Waals surface area contributed by atoms with Crippen molar-refractivity contribution < 1.29 is 14.3 Å². The van der Waals surface area contributed by atoms with Crippen LogP contribution in [0, 0.1) is 0 Å². The number of carbonyl (C=O) groups is 2. The molecule has 1 heterocycles. The van der Waals surface area contributed by atoms with Gasteiger partial charge in [0.25, 0.3) is 11.8 Å². The molecule has 7 heteroatoms. The van der Waals surface area contributed by atoms with Crippen LogP contribution < -0.4 is 10.2 Å². The molecular formula is C21H18N2O3S2. The molecule has 0 unspecified atom stereocenters. The Balaban J connectivity index is 1.76. The van der Waals surface area contributed by atoms with E-state index in [0.717, 1.165) is 27.9 Å². The number of ether oxygens (including phenoxy) is 1. The molecule has 0 atom stereocenters. The van der Waals surface area contributed by atoms with Crippen molar-refractivity contribution >= 4 is 46.2 Å². The molecule has 1 aliphatic heterocycles. The fourth-order valence-electron chi connectivity index (χ4n) is 2.62. The molecule has 0 spiro atoms. The second-order valence-electron chi connectivity index (χ2n) is 5.96. The van der Waals surface area contributed by atoms with Crippen LogP contribution >= 0.6 is 24.0 Å². The Morgan fingerprint density at radius 3 is 2.54 bits per heavy atom. The molecule has 0 aliphatic carbocycles. The molecule has 1 N–H and O–H groups in total. The number of nitrogens with zero attached hydrogens (tertiary/aromatic N) is 1. The Bertz CT molecular complexity index is 984. The lowest BCUT2D eigenvalue weighted by atomic mass is 10.1. The van der Waals surface area contributed by atoms with E-state index in [1.54, 1.807) is 30.3 Å². The first-order valence-corrected chi connectivity index (χ1v) is 9.67. The molecule has 0 radical (unpaired) electrons. The van der Waals surface area contributed by atoms with Crippen molar-refractivity contribution in [3.8, 4) is 5.75 Å². The highest BCUT2D eigenvalue weighted by atomic mass is 32.2. The molecule has 0 bridgehead atoms. The molecule has 1 aliphatic rings. The first-order chi connectivity index (χ1) is 13.5. The number of benzene rings is 2. The molecule has 0 saturated carbocycles. The standard InChI is InChI=1S/C21H18N2O3S2/c1-14(12-15-8-4-3-5-9-15)13-18-20(25)23(21(27)28-18)22-19(24)16-10-6-7-11-17(16)26-2/h3-13H,1-2H3,(H,22,24). The summed E-state index contributed by atoms with van der Waals surface area (Å²) in [6, 6.07) is 16.6. The number of hydrogen-bond donors (Lipinski definition) is 1. The monoisotopic (exact) mass is 410 g/mol. The predicted octanol–water partition coefficient (Wildman–Crippen LogP) is 4.19. The third-order valence-corrected chi connectivity index (χ3v) is 5.21. The van der Waals surface area contributed by atoms with Crippen molar-refractivity contribution in [3.63, 3.8) is 0 Å². The van der Waals surface area contributed by atoms with Crippen LogP contribution in [0.25, 0.3) is 6.08 Å². The predicted molar refractivity (Wildman–Crippen MR) is 116 cm³/mol. The molecule has 1 fully saturated rings. The first-order valence-electron chi connectivity index (χ1n) is 8.45. The van der Waals surface area contributed by atoms with Gasteiger partial charge >= 0.3 is 0 Å². The zero-order chi connectivity index (χ0) is 20.1. The summed E-state index contributed by atoms with van der Waals surface area (Å²) >= 11 is 6.42. The van der Waals surface area contributed by atoms with Gasteiger partial charge in [-0.3, -0.25) is 15.0 Å². The van der Waals surface area contributed by atoms with Crippen LogP contribution in [-0.2, 0) is 4.79 Å². The van der Waals surface area contributed by atoms with Gasteiger partial charge in [0.1, 0.15) is 5.75 Å². The number of hydrogen-bond acceptors (Lipinski definition) is 5. The van der Waals surface area contributed by atoms with E-state index in [9.17, 15) is 9.59 Å². The Labute approximate surface area is 173 Å². The molecule has 28 heavy (non-hydrogen) atoms. The maximum Gasteiger partial charge on any atom is 0.285 e. The number of para-hydroxylation sites is 1. The Morgan fingerprint density at radius 2 is 1.82 bits per heavy atom. The van der Waals surface area contributed by atoms with E-state index in [2.05, 4.69) is 5.43 Å². The lowest BCUT2D eigenvalue weighted by Gasteiger charge is -2.16. The number of carbonyl (C=O) groups excluding carboxylic acids is 2. The first kappa shape index (κ1) is 19.9. The summed E-state index contributed by atoms with van der Waals surface area (Å²) in [7, 11) is 1.48. The molecule has 5 nitrogen and oxygen atoms in total. The smallest absolute Gasteiger partial charge is 0.285 e. The van der Waals surface area contributed by atoms with E-state index in [-0.39, 0.29) is 10.2 Å². The van der Waals surface area contributed by atoms with Crippen LogP contribution in [0.15, 0.2) is 71.2 Å². The van der Waals surface area contributed by atoms with Gasteiger partial charge in [0.2, 0.25) is 0 Å². The quantitative estimate of drug-likeness (QED) is 0.592. The van der Waals surface area contributed by atoms with Gasteiger partial charge in [-0.25, -0.2) is 0 Å². The number of rotatable bonds is 5. The van der Waals surface area contributed by atoms with Crippen LogP contribution in [-0.4, -0.2) is 28.3 Å². The minimum atomic E-state index is -0.466. The summed E-state index contributed by atoms with van der Waals surface area (Å²) in [6.45, 7) is 1.91. The van der Waals surface area contributed by atoms with Gasteiger partial charge in [0.15, 0.2) is 4.32 Å². The van der Waals surface area contributed by atoms with Crippen molar-refractivity contribution in [3.05, 3.63) is 82.3 Å². The number of methoxy groups -OCH3 is 1. The minimum absolute atomic E-state index is 0.270. The van der Waals surface area contributed by atoms with E-state index >= 15 is 0 Å². The highest BCUT2D eigenvalue weighted by molar-refractivity contribution is 8.26. The SMILES string of the molecule is COc1ccccc1C(=O)NN1C(=O)C(=CC(C)=Cc2ccccc2)SC1=S. The average Bonchev–Trinajstić information content (AvgIpc) is 2.95. The number of thioether (sulfide) groups is 1. The van der Waals surface area contributed by atoms with E-state index in [1.807, 2.05) is 43.3 Å². The number of allylic oxidation sites excluding steroid dienone is 2. The number of thiocarbonyl (C=S) groups is 1. The lowest BCUT2D eigenvalue weighted by molar-refractivity contribution is -0.123. The topological polar surface area (TPSA) is 58.6 Å². The summed E-state index contributed by atoms with van der Waals surface area (Å²) in [5.74, 6) is -0.409. The molecule has 2 aromatic rings. The second-order valence-corrected chi connectivity index (χ2v) is 7.63. The average molecular weight is 411 g/mol. The van der Waals surface area contributed by atoms with E-state index < -0.39 is 5.91 Å². The highest BCUT2D eigenvalue weighted by Crippen LogP contribution is 2.31. The summed E-state index contributed by atoms with van der Waals surface area (Å²) in [5, 5.41) is 1.09. The van der Waals surface area contributed by atoms with E-state index in [4.69, 9.17) is 17.0 Å². The second kappa shape index (κ2) is 8.86. The van der Waals surface area contributed by atoms with E-state index in [0.29, 0.717) is 16.2 Å². The van der Waals surface area contributed by atoms with Crippen LogP contribution in [0.1, 0.15) is 22.8 Å². The van der Waals surface area contributed by atoms with Gasteiger partial charge in [0, 0.05) is 0 Å². The minimum Gasteiger partial charge on any atom is -0.496 e.